The van der Waals surface area contributed by atoms with Gasteiger partial charge in [0.25, 0.3) is 0 Å². The second-order valence-electron chi connectivity index (χ2n) is 5.54. The maximum atomic E-state index is 5.99. The highest BCUT2D eigenvalue weighted by Crippen LogP contribution is 2.37. The molecule has 13 heavy (non-hydrogen) atoms. The summed E-state index contributed by atoms with van der Waals surface area (Å²) < 4.78 is 0. The lowest BCUT2D eigenvalue weighted by molar-refractivity contribution is 0.0303. The van der Waals surface area contributed by atoms with Crippen molar-refractivity contribution in [3.63, 3.8) is 0 Å². The van der Waals surface area contributed by atoms with E-state index in [-0.39, 0.29) is 5.54 Å². The number of hydrogen-bond acceptors (Lipinski definition) is 2. The third kappa shape index (κ3) is 2.68. The van der Waals surface area contributed by atoms with E-state index >= 15 is 0 Å². The molecule has 0 spiro atoms. The van der Waals surface area contributed by atoms with Crippen LogP contribution < -0.4 is 5.73 Å². The number of nitrogens with two attached hydrogens (primary N) is 1. The van der Waals surface area contributed by atoms with E-state index in [1.54, 1.807) is 0 Å². The fraction of sp³-hybridized carbons (Fsp3) is 1.00. The average molecular weight is 184 g/mol. The van der Waals surface area contributed by atoms with Gasteiger partial charge in [0.2, 0.25) is 0 Å². The molecule has 1 saturated carbocycles. The molecular weight excluding hydrogens is 160 g/mol. The van der Waals surface area contributed by atoms with E-state index in [0.29, 0.717) is 0 Å². The normalized spacial score (nSPS) is 34.8. The van der Waals surface area contributed by atoms with Crippen LogP contribution in [0.15, 0.2) is 0 Å². The summed E-state index contributed by atoms with van der Waals surface area (Å²) in [5.74, 6) is 1.74. The van der Waals surface area contributed by atoms with E-state index in [4.69, 9.17) is 5.73 Å². The molecule has 0 amide bonds. The first-order valence-corrected chi connectivity index (χ1v) is 5.30. The predicted octanol–water partition coefficient (Wildman–Crippen LogP) is 1.70. The van der Waals surface area contributed by atoms with Gasteiger partial charge in [0.05, 0.1) is 0 Å². The van der Waals surface area contributed by atoms with Crippen molar-refractivity contribution in [3.05, 3.63) is 0 Å². The summed E-state index contributed by atoms with van der Waals surface area (Å²) in [5, 5.41) is 0. The maximum Gasteiger partial charge on any atom is 0.0226 e. The number of nitrogens with zero attached hydrogens (tertiary/aromatic N) is 1. The van der Waals surface area contributed by atoms with Crippen LogP contribution in [0.25, 0.3) is 0 Å². The third-order valence-electron chi connectivity index (χ3n) is 3.34. The van der Waals surface area contributed by atoms with Gasteiger partial charge >= 0.3 is 0 Å². The average Bonchev–Trinajstić information content (AvgIpc) is 1.95. The molecule has 2 N–H and O–H groups in total. The number of rotatable bonds is 3. The number of likely N-dealkylation sites (N-methyl/N-ethyl adjacent to an activating group) is 1. The van der Waals surface area contributed by atoms with Crippen LogP contribution >= 0.6 is 0 Å². The molecule has 0 radical (unpaired) electrons. The van der Waals surface area contributed by atoms with Gasteiger partial charge in [-0.3, -0.25) is 0 Å². The smallest absolute Gasteiger partial charge is 0.0226 e. The van der Waals surface area contributed by atoms with Gasteiger partial charge in [-0.25, -0.2) is 0 Å². The first-order chi connectivity index (χ1) is 5.81. The van der Waals surface area contributed by atoms with Crippen LogP contribution in [0.4, 0.5) is 0 Å². The Labute approximate surface area is 82.5 Å². The van der Waals surface area contributed by atoms with Crippen molar-refractivity contribution >= 4 is 0 Å². The zero-order chi connectivity index (χ0) is 10.2. The Bertz CT molecular complexity index is 171. The van der Waals surface area contributed by atoms with Crippen molar-refractivity contribution in [1.29, 1.82) is 0 Å². The summed E-state index contributed by atoms with van der Waals surface area (Å²) >= 11 is 0. The molecule has 2 heteroatoms. The minimum atomic E-state index is -0.0622. The lowest BCUT2D eigenvalue weighted by atomic mass is 9.70. The second-order valence-corrected chi connectivity index (χ2v) is 5.54. The van der Waals surface area contributed by atoms with Gasteiger partial charge in [0.15, 0.2) is 0 Å². The van der Waals surface area contributed by atoms with E-state index in [1.807, 2.05) is 0 Å². The molecule has 0 saturated heterocycles. The summed E-state index contributed by atoms with van der Waals surface area (Å²) in [6.45, 7) is 9.86. The summed E-state index contributed by atoms with van der Waals surface area (Å²) in [4.78, 5) is 2.42. The van der Waals surface area contributed by atoms with Crippen LogP contribution in [0.3, 0.4) is 0 Å². The predicted molar refractivity (Wildman–Crippen MR) is 57.6 cm³/mol. The molecule has 1 aliphatic rings. The Hall–Kier alpha value is -0.0800. The minimum absolute atomic E-state index is 0.0622. The van der Waals surface area contributed by atoms with Crippen molar-refractivity contribution < 1.29 is 0 Å². The van der Waals surface area contributed by atoms with Crippen molar-refractivity contribution in [3.8, 4) is 0 Å². The van der Waals surface area contributed by atoms with E-state index in [0.717, 1.165) is 24.4 Å². The molecular formula is C11H24N2. The zero-order valence-corrected chi connectivity index (χ0v) is 9.67. The molecule has 2 nitrogen and oxygen atoms in total. The van der Waals surface area contributed by atoms with Crippen LogP contribution in [0.1, 0.15) is 34.1 Å². The minimum Gasteiger partial charge on any atom is -0.324 e. The van der Waals surface area contributed by atoms with Crippen LogP contribution in [0, 0.1) is 11.8 Å². The van der Waals surface area contributed by atoms with Gasteiger partial charge < -0.3 is 10.6 Å². The number of hydrogen-bond donors (Lipinski definition) is 1. The zero-order valence-electron chi connectivity index (χ0n) is 9.67. The van der Waals surface area contributed by atoms with E-state index in [2.05, 4.69) is 39.6 Å². The Morgan fingerprint density at radius 3 is 2.23 bits per heavy atom. The summed E-state index contributed by atoms with van der Waals surface area (Å²) in [6.07, 6.45) is 1.34. The van der Waals surface area contributed by atoms with Crippen molar-refractivity contribution in [2.24, 2.45) is 17.6 Å². The quantitative estimate of drug-likeness (QED) is 0.723. The van der Waals surface area contributed by atoms with Gasteiger partial charge in [-0.15, -0.1) is 0 Å². The second kappa shape index (κ2) is 3.58. The highest BCUT2D eigenvalue weighted by Gasteiger charge is 2.37. The van der Waals surface area contributed by atoms with Gasteiger partial charge in [0.1, 0.15) is 0 Å². The van der Waals surface area contributed by atoms with Crippen molar-refractivity contribution in [2.75, 3.05) is 13.6 Å². The van der Waals surface area contributed by atoms with Crippen molar-refractivity contribution in [2.45, 2.75) is 45.7 Å². The van der Waals surface area contributed by atoms with Gasteiger partial charge in [-0.2, -0.15) is 0 Å². The molecule has 0 aromatic heterocycles. The first kappa shape index (κ1) is 11.0. The van der Waals surface area contributed by atoms with Gasteiger partial charge in [0, 0.05) is 18.1 Å². The maximum absolute atomic E-state index is 5.99. The molecule has 0 aromatic carbocycles. The molecule has 0 heterocycles. The highest BCUT2D eigenvalue weighted by atomic mass is 15.2. The van der Waals surface area contributed by atoms with E-state index in [1.165, 1.54) is 6.42 Å². The molecule has 78 valence electrons. The fourth-order valence-electron chi connectivity index (χ4n) is 2.34. The Balaban J connectivity index is 2.37. The molecule has 0 bridgehead atoms. The Kier molecular flexibility index (Phi) is 3.03. The van der Waals surface area contributed by atoms with Crippen LogP contribution in [0.5, 0.6) is 0 Å². The van der Waals surface area contributed by atoms with Crippen LogP contribution in [0.2, 0.25) is 0 Å². The summed E-state index contributed by atoms with van der Waals surface area (Å²) in [7, 11) is 2.20. The lowest BCUT2D eigenvalue weighted by Gasteiger charge is -2.47. The molecule has 1 rings (SSSR count). The Morgan fingerprint density at radius 2 is 1.92 bits per heavy atom. The standard InChI is InChI=1S/C11H24N2/c1-8-6-10(9(8)2)13(5)7-11(3,4)12/h8-10H,6-7,12H2,1-5H3. The Morgan fingerprint density at radius 1 is 1.38 bits per heavy atom. The van der Waals surface area contributed by atoms with E-state index < -0.39 is 0 Å². The molecule has 1 aliphatic carbocycles. The fourth-order valence-corrected chi connectivity index (χ4v) is 2.34. The van der Waals surface area contributed by atoms with Crippen LogP contribution in [-0.2, 0) is 0 Å². The van der Waals surface area contributed by atoms with Gasteiger partial charge in [-0.1, -0.05) is 13.8 Å². The van der Waals surface area contributed by atoms with Gasteiger partial charge in [-0.05, 0) is 39.2 Å². The topological polar surface area (TPSA) is 29.3 Å². The molecule has 3 unspecified atom stereocenters. The SMILES string of the molecule is CC1CC(N(C)CC(C)(C)N)C1C. The van der Waals surface area contributed by atoms with E-state index in [9.17, 15) is 0 Å². The third-order valence-corrected chi connectivity index (χ3v) is 3.34. The molecule has 0 aromatic rings. The lowest BCUT2D eigenvalue weighted by Crippen LogP contribution is -2.54. The molecule has 1 fully saturated rings. The largest absolute Gasteiger partial charge is 0.324 e. The first-order valence-electron chi connectivity index (χ1n) is 5.30. The molecule has 3 atom stereocenters. The summed E-state index contributed by atoms with van der Waals surface area (Å²) in [5.41, 5.74) is 5.93. The highest BCUT2D eigenvalue weighted by molar-refractivity contribution is 4.92. The molecule has 0 aliphatic heterocycles. The van der Waals surface area contributed by atoms with Crippen molar-refractivity contribution in [1.82, 2.24) is 4.90 Å². The monoisotopic (exact) mass is 184 g/mol. The summed E-state index contributed by atoms with van der Waals surface area (Å²) in [6, 6.07) is 0.762. The van der Waals surface area contributed by atoms with Crippen LogP contribution in [-0.4, -0.2) is 30.1 Å².